The Morgan fingerprint density at radius 3 is 2.33 bits per heavy atom. The lowest BCUT2D eigenvalue weighted by atomic mass is 10.0. The summed E-state index contributed by atoms with van der Waals surface area (Å²) >= 11 is 3.91. The summed E-state index contributed by atoms with van der Waals surface area (Å²) in [5.41, 5.74) is -0.176. The van der Waals surface area contributed by atoms with Crippen LogP contribution in [0.25, 0.3) is 0 Å². The van der Waals surface area contributed by atoms with Crippen LogP contribution in [0, 0.1) is 0 Å². The number of hydrogen-bond acceptors (Lipinski definition) is 5. The topological polar surface area (TPSA) is 98.0 Å². The fraction of sp³-hybridized carbons (Fsp3) is 0.222. The standard InChI is InChI=1S/C9H10O5S/c10-6-3-5(9(13)14)4(1-2-15)7(11)8(6)12/h3,10-12,15H,1-2H2,(H,13,14). The third kappa shape index (κ3) is 2.10. The Bertz CT molecular complexity index is 402. The Morgan fingerprint density at radius 2 is 1.87 bits per heavy atom. The second-order valence-corrected chi connectivity index (χ2v) is 3.34. The van der Waals surface area contributed by atoms with Crippen molar-refractivity contribution in [3.05, 3.63) is 17.2 Å². The number of benzene rings is 1. The largest absolute Gasteiger partial charge is 0.504 e. The molecule has 0 heterocycles. The Labute approximate surface area is 91.0 Å². The van der Waals surface area contributed by atoms with Crippen molar-refractivity contribution in [2.45, 2.75) is 6.42 Å². The molecule has 4 N–H and O–H groups in total. The van der Waals surface area contributed by atoms with Crippen LogP contribution in [0.3, 0.4) is 0 Å². The molecule has 1 aromatic carbocycles. The number of hydrogen-bond donors (Lipinski definition) is 5. The van der Waals surface area contributed by atoms with Crippen molar-refractivity contribution in [1.82, 2.24) is 0 Å². The van der Waals surface area contributed by atoms with Crippen LogP contribution >= 0.6 is 12.6 Å². The number of aromatic hydroxyl groups is 3. The van der Waals surface area contributed by atoms with Crippen LogP contribution in [0.4, 0.5) is 0 Å². The molecule has 1 rings (SSSR count). The molecule has 15 heavy (non-hydrogen) atoms. The van der Waals surface area contributed by atoms with Crippen molar-refractivity contribution in [2.75, 3.05) is 5.75 Å². The molecule has 5 nitrogen and oxygen atoms in total. The predicted molar refractivity (Wildman–Crippen MR) is 56.0 cm³/mol. The van der Waals surface area contributed by atoms with Gasteiger partial charge in [0.2, 0.25) is 5.75 Å². The number of carboxylic acid groups (broad SMARTS) is 1. The van der Waals surface area contributed by atoms with E-state index in [4.69, 9.17) is 10.2 Å². The average Bonchev–Trinajstić information content (AvgIpc) is 2.18. The number of thiol groups is 1. The van der Waals surface area contributed by atoms with Gasteiger partial charge in [0, 0.05) is 5.56 Å². The highest BCUT2D eigenvalue weighted by Crippen LogP contribution is 2.39. The third-order valence-electron chi connectivity index (χ3n) is 1.95. The monoisotopic (exact) mass is 230 g/mol. The van der Waals surface area contributed by atoms with Gasteiger partial charge < -0.3 is 20.4 Å². The van der Waals surface area contributed by atoms with Gasteiger partial charge in [-0.25, -0.2) is 4.79 Å². The first-order chi connectivity index (χ1) is 6.99. The van der Waals surface area contributed by atoms with E-state index in [1.807, 2.05) is 0 Å². The number of rotatable bonds is 3. The SMILES string of the molecule is O=C(O)c1cc(O)c(O)c(O)c1CCS. The Morgan fingerprint density at radius 1 is 1.27 bits per heavy atom. The number of aromatic carboxylic acids is 1. The zero-order chi connectivity index (χ0) is 11.6. The highest BCUT2D eigenvalue weighted by molar-refractivity contribution is 7.80. The Balaban J connectivity index is 3.43. The summed E-state index contributed by atoms with van der Waals surface area (Å²) < 4.78 is 0. The van der Waals surface area contributed by atoms with E-state index < -0.39 is 23.2 Å². The van der Waals surface area contributed by atoms with Crippen molar-refractivity contribution in [3.63, 3.8) is 0 Å². The summed E-state index contributed by atoms with van der Waals surface area (Å²) in [4.78, 5) is 10.8. The van der Waals surface area contributed by atoms with Gasteiger partial charge in [-0.3, -0.25) is 0 Å². The lowest BCUT2D eigenvalue weighted by Gasteiger charge is -2.10. The van der Waals surface area contributed by atoms with Crippen molar-refractivity contribution < 1.29 is 25.2 Å². The summed E-state index contributed by atoms with van der Waals surface area (Å²) in [6.07, 6.45) is 0.185. The second kappa shape index (κ2) is 4.31. The smallest absolute Gasteiger partial charge is 0.336 e. The maximum Gasteiger partial charge on any atom is 0.336 e. The fourth-order valence-corrected chi connectivity index (χ4v) is 1.46. The molecule has 1 aromatic rings. The normalized spacial score (nSPS) is 10.2. The van der Waals surface area contributed by atoms with E-state index >= 15 is 0 Å². The molecule has 0 aliphatic heterocycles. The van der Waals surface area contributed by atoms with Gasteiger partial charge in [0.15, 0.2) is 11.5 Å². The van der Waals surface area contributed by atoms with Crippen molar-refractivity contribution in [3.8, 4) is 17.2 Å². The molecule has 0 aliphatic carbocycles. The molecule has 0 amide bonds. The lowest BCUT2D eigenvalue weighted by Crippen LogP contribution is -2.03. The van der Waals surface area contributed by atoms with Crippen molar-refractivity contribution in [1.29, 1.82) is 0 Å². The van der Waals surface area contributed by atoms with Gasteiger partial charge >= 0.3 is 5.97 Å². The van der Waals surface area contributed by atoms with Gasteiger partial charge in [-0.15, -0.1) is 0 Å². The molecule has 0 radical (unpaired) electrons. The number of carboxylic acids is 1. The zero-order valence-electron chi connectivity index (χ0n) is 7.64. The lowest BCUT2D eigenvalue weighted by molar-refractivity contribution is 0.0694. The van der Waals surface area contributed by atoms with Crippen LogP contribution in [0.1, 0.15) is 15.9 Å². The van der Waals surface area contributed by atoms with Crippen LogP contribution < -0.4 is 0 Å². The molecule has 0 fully saturated rings. The van der Waals surface area contributed by atoms with E-state index in [0.29, 0.717) is 5.75 Å². The molecule has 0 saturated heterocycles. The van der Waals surface area contributed by atoms with Crippen molar-refractivity contribution >= 4 is 18.6 Å². The van der Waals surface area contributed by atoms with E-state index in [9.17, 15) is 15.0 Å². The summed E-state index contributed by atoms with van der Waals surface area (Å²) in [5.74, 6) is -2.94. The van der Waals surface area contributed by atoms with Crippen molar-refractivity contribution in [2.24, 2.45) is 0 Å². The summed E-state index contributed by atoms with van der Waals surface area (Å²) in [6.45, 7) is 0. The first-order valence-electron chi connectivity index (χ1n) is 4.10. The maximum atomic E-state index is 10.8. The first-order valence-corrected chi connectivity index (χ1v) is 4.73. The molecule has 0 aliphatic rings. The predicted octanol–water partition coefficient (Wildman–Crippen LogP) is 0.974. The minimum absolute atomic E-state index is 0.0628. The number of phenols is 3. The summed E-state index contributed by atoms with van der Waals surface area (Å²) in [6, 6.07) is 0.899. The van der Waals surface area contributed by atoms with Crippen LogP contribution in [-0.2, 0) is 6.42 Å². The molecule has 0 bridgehead atoms. The van der Waals surface area contributed by atoms with Gasteiger partial charge in [-0.1, -0.05) is 0 Å². The van der Waals surface area contributed by atoms with Crippen LogP contribution in [0.15, 0.2) is 6.07 Å². The second-order valence-electron chi connectivity index (χ2n) is 2.90. The molecule has 6 heteroatoms. The van der Waals surface area contributed by atoms with Gasteiger partial charge in [-0.2, -0.15) is 12.6 Å². The quantitative estimate of drug-likeness (QED) is 0.394. The van der Waals surface area contributed by atoms with E-state index in [0.717, 1.165) is 6.07 Å². The Hall–Kier alpha value is -1.56. The van der Waals surface area contributed by atoms with Crippen LogP contribution in [0.2, 0.25) is 0 Å². The highest BCUT2D eigenvalue weighted by atomic mass is 32.1. The van der Waals surface area contributed by atoms with Gasteiger partial charge in [0.25, 0.3) is 0 Å². The Kier molecular flexibility index (Phi) is 3.31. The van der Waals surface area contributed by atoms with E-state index in [-0.39, 0.29) is 17.5 Å². The summed E-state index contributed by atoms with van der Waals surface area (Å²) in [5, 5.41) is 36.6. The van der Waals surface area contributed by atoms with Crippen LogP contribution in [-0.4, -0.2) is 32.1 Å². The minimum atomic E-state index is -1.28. The minimum Gasteiger partial charge on any atom is -0.504 e. The maximum absolute atomic E-state index is 10.8. The third-order valence-corrected chi connectivity index (χ3v) is 2.17. The number of carbonyl (C=O) groups is 1. The molecule has 0 aromatic heterocycles. The molecule has 82 valence electrons. The molecule has 0 spiro atoms. The number of phenolic OH excluding ortho intramolecular Hbond substituents is 3. The van der Waals surface area contributed by atoms with Gasteiger partial charge in [0.1, 0.15) is 0 Å². The zero-order valence-corrected chi connectivity index (χ0v) is 8.53. The van der Waals surface area contributed by atoms with Crippen LogP contribution in [0.5, 0.6) is 17.2 Å². The van der Waals surface area contributed by atoms with E-state index in [1.54, 1.807) is 0 Å². The first kappa shape index (κ1) is 11.5. The fourth-order valence-electron chi connectivity index (χ4n) is 1.24. The summed E-state index contributed by atoms with van der Waals surface area (Å²) in [7, 11) is 0. The molecular weight excluding hydrogens is 220 g/mol. The van der Waals surface area contributed by atoms with E-state index in [1.165, 1.54) is 0 Å². The molecular formula is C9H10O5S. The average molecular weight is 230 g/mol. The van der Waals surface area contributed by atoms with E-state index in [2.05, 4.69) is 12.6 Å². The molecule has 0 atom stereocenters. The molecule has 0 saturated carbocycles. The van der Waals surface area contributed by atoms with Gasteiger partial charge in [-0.05, 0) is 18.2 Å². The molecule has 0 unspecified atom stereocenters. The highest BCUT2D eigenvalue weighted by Gasteiger charge is 2.20. The van der Waals surface area contributed by atoms with Gasteiger partial charge in [0.05, 0.1) is 5.56 Å².